The first-order valence-corrected chi connectivity index (χ1v) is 9.64. The third-order valence-electron chi connectivity index (χ3n) is 5.76. The van der Waals surface area contributed by atoms with E-state index >= 15 is 0 Å². The first kappa shape index (κ1) is 16.3. The van der Waals surface area contributed by atoms with Crippen molar-refractivity contribution in [1.29, 1.82) is 5.26 Å². The minimum absolute atomic E-state index is 0.807. The highest BCUT2D eigenvalue weighted by Crippen LogP contribution is 2.34. The van der Waals surface area contributed by atoms with Gasteiger partial charge in [0, 0.05) is 38.3 Å². The van der Waals surface area contributed by atoms with E-state index in [4.69, 9.17) is 0 Å². The molecule has 136 valence electrons. The van der Waals surface area contributed by atoms with E-state index in [2.05, 4.69) is 50.3 Å². The van der Waals surface area contributed by atoms with Crippen molar-refractivity contribution >= 4 is 11.5 Å². The molecule has 0 spiro atoms. The van der Waals surface area contributed by atoms with Crippen molar-refractivity contribution in [2.75, 3.05) is 24.5 Å². The topological polar surface area (TPSA) is 60.5 Å². The SMILES string of the molecule is N#Cc1c2c(c3nncn3c1N1CCCC1)CN(Cc1ccccc1)CC2. The van der Waals surface area contributed by atoms with Gasteiger partial charge in [0.2, 0.25) is 0 Å². The highest BCUT2D eigenvalue weighted by atomic mass is 15.3. The normalized spacial score (nSPS) is 17.2. The number of fused-ring (bicyclic) bond motifs is 3. The molecule has 0 N–H and O–H groups in total. The molecule has 2 aliphatic rings. The van der Waals surface area contributed by atoms with Crippen molar-refractivity contribution < 1.29 is 0 Å². The summed E-state index contributed by atoms with van der Waals surface area (Å²) in [5, 5.41) is 18.6. The number of hydrogen-bond donors (Lipinski definition) is 0. The van der Waals surface area contributed by atoms with Crippen LogP contribution < -0.4 is 4.90 Å². The molecule has 0 aliphatic carbocycles. The number of nitrogens with zero attached hydrogens (tertiary/aromatic N) is 6. The zero-order chi connectivity index (χ0) is 18.2. The van der Waals surface area contributed by atoms with Crippen LogP contribution in [0.1, 0.15) is 35.1 Å². The van der Waals surface area contributed by atoms with E-state index in [9.17, 15) is 5.26 Å². The van der Waals surface area contributed by atoms with E-state index in [-0.39, 0.29) is 0 Å². The Morgan fingerprint density at radius 1 is 1.04 bits per heavy atom. The molecule has 1 saturated heterocycles. The average Bonchev–Trinajstić information content (AvgIpc) is 3.40. The van der Waals surface area contributed by atoms with Crippen LogP contribution in [-0.4, -0.2) is 39.1 Å². The van der Waals surface area contributed by atoms with Gasteiger partial charge in [-0.2, -0.15) is 5.26 Å². The standard InChI is InChI=1S/C21H22N6/c22-12-18-17-8-11-25(13-16-6-2-1-3-7-16)14-19(17)20-24-23-15-27(20)21(18)26-9-4-5-10-26/h1-3,6-7,15H,4-5,8-11,13-14H2. The van der Waals surface area contributed by atoms with Crippen LogP contribution in [0.5, 0.6) is 0 Å². The minimum atomic E-state index is 0.807. The molecule has 2 aromatic heterocycles. The lowest BCUT2D eigenvalue weighted by atomic mass is 9.95. The molecule has 3 aromatic rings. The first-order valence-electron chi connectivity index (χ1n) is 9.64. The second-order valence-corrected chi connectivity index (χ2v) is 7.43. The number of benzene rings is 1. The Balaban J connectivity index is 1.57. The van der Waals surface area contributed by atoms with Crippen LogP contribution in [0.2, 0.25) is 0 Å². The molecule has 27 heavy (non-hydrogen) atoms. The predicted octanol–water partition coefficient (Wildman–Crippen LogP) is 2.76. The van der Waals surface area contributed by atoms with Crippen LogP contribution in [0.25, 0.3) is 5.65 Å². The molecule has 1 fully saturated rings. The Morgan fingerprint density at radius 3 is 2.63 bits per heavy atom. The fourth-order valence-electron chi connectivity index (χ4n) is 4.49. The Bertz CT molecular complexity index is 1010. The van der Waals surface area contributed by atoms with E-state index in [0.29, 0.717) is 0 Å². The largest absolute Gasteiger partial charge is 0.357 e. The van der Waals surface area contributed by atoms with Crippen molar-refractivity contribution in [3.05, 3.63) is 58.9 Å². The maximum atomic E-state index is 9.99. The van der Waals surface area contributed by atoms with Crippen LogP contribution in [0, 0.1) is 11.3 Å². The molecule has 2 aliphatic heterocycles. The van der Waals surface area contributed by atoms with Crippen molar-refractivity contribution in [2.24, 2.45) is 0 Å². The zero-order valence-electron chi connectivity index (χ0n) is 15.3. The Hall–Kier alpha value is -2.91. The van der Waals surface area contributed by atoms with Gasteiger partial charge in [0.05, 0.1) is 5.56 Å². The van der Waals surface area contributed by atoms with E-state index in [1.54, 1.807) is 6.33 Å². The molecule has 4 heterocycles. The van der Waals surface area contributed by atoms with Gasteiger partial charge in [-0.3, -0.25) is 9.30 Å². The molecule has 0 radical (unpaired) electrons. The summed E-state index contributed by atoms with van der Waals surface area (Å²) in [5.74, 6) is 0.991. The third kappa shape index (κ3) is 2.75. The molecule has 0 saturated carbocycles. The lowest BCUT2D eigenvalue weighted by Gasteiger charge is -2.31. The van der Waals surface area contributed by atoms with Gasteiger partial charge in [-0.25, -0.2) is 0 Å². The number of hydrogen-bond acceptors (Lipinski definition) is 5. The fraction of sp³-hybridized carbons (Fsp3) is 0.381. The van der Waals surface area contributed by atoms with Crippen LogP contribution in [-0.2, 0) is 19.5 Å². The zero-order valence-corrected chi connectivity index (χ0v) is 15.3. The fourth-order valence-corrected chi connectivity index (χ4v) is 4.49. The summed E-state index contributed by atoms with van der Waals surface area (Å²) in [4.78, 5) is 4.76. The molecule has 0 amide bonds. The second-order valence-electron chi connectivity index (χ2n) is 7.43. The third-order valence-corrected chi connectivity index (χ3v) is 5.76. The van der Waals surface area contributed by atoms with Gasteiger partial charge >= 0.3 is 0 Å². The van der Waals surface area contributed by atoms with Crippen LogP contribution >= 0.6 is 0 Å². The van der Waals surface area contributed by atoms with E-state index < -0.39 is 0 Å². The van der Waals surface area contributed by atoms with Gasteiger partial charge < -0.3 is 4.90 Å². The van der Waals surface area contributed by atoms with Gasteiger partial charge in [0.15, 0.2) is 5.65 Å². The summed E-state index contributed by atoms with van der Waals surface area (Å²) >= 11 is 0. The average molecular weight is 358 g/mol. The summed E-state index contributed by atoms with van der Waals surface area (Å²) in [7, 11) is 0. The Labute approximate surface area is 158 Å². The van der Waals surface area contributed by atoms with Crippen LogP contribution in [0.15, 0.2) is 36.7 Å². The maximum Gasteiger partial charge on any atom is 0.167 e. The van der Waals surface area contributed by atoms with Gasteiger partial charge in [0.1, 0.15) is 18.2 Å². The van der Waals surface area contributed by atoms with Gasteiger partial charge in [0.25, 0.3) is 0 Å². The lowest BCUT2D eigenvalue weighted by molar-refractivity contribution is 0.246. The summed E-state index contributed by atoms with van der Waals surface area (Å²) in [5.41, 5.74) is 5.37. The molecular weight excluding hydrogens is 336 g/mol. The van der Waals surface area contributed by atoms with Gasteiger partial charge in [-0.15, -0.1) is 10.2 Å². The number of aromatic nitrogens is 3. The molecule has 1 aromatic carbocycles. The highest BCUT2D eigenvalue weighted by Gasteiger charge is 2.29. The van der Waals surface area contributed by atoms with Crippen molar-refractivity contribution in [3.63, 3.8) is 0 Å². The van der Waals surface area contributed by atoms with E-state index in [0.717, 1.165) is 61.7 Å². The first-order chi connectivity index (χ1) is 13.3. The maximum absolute atomic E-state index is 9.99. The molecule has 6 heteroatoms. The number of nitriles is 1. The molecule has 6 nitrogen and oxygen atoms in total. The van der Waals surface area contributed by atoms with Gasteiger partial charge in [-0.05, 0) is 30.4 Å². The molecular formula is C21H22N6. The predicted molar refractivity (Wildman–Crippen MR) is 103 cm³/mol. The highest BCUT2D eigenvalue weighted by molar-refractivity contribution is 5.69. The number of pyridine rings is 1. The van der Waals surface area contributed by atoms with Gasteiger partial charge in [-0.1, -0.05) is 30.3 Å². The molecule has 0 unspecified atom stereocenters. The smallest absolute Gasteiger partial charge is 0.167 e. The molecule has 0 atom stereocenters. The van der Waals surface area contributed by atoms with Crippen LogP contribution in [0.3, 0.4) is 0 Å². The summed E-state index contributed by atoms with van der Waals surface area (Å²) < 4.78 is 2.04. The molecule has 0 bridgehead atoms. The van der Waals surface area contributed by atoms with Crippen molar-refractivity contribution in [2.45, 2.75) is 32.4 Å². The van der Waals surface area contributed by atoms with E-state index in [1.165, 1.54) is 24.0 Å². The minimum Gasteiger partial charge on any atom is -0.357 e. The number of rotatable bonds is 3. The quantitative estimate of drug-likeness (QED) is 0.720. The Kier molecular flexibility index (Phi) is 4.02. The van der Waals surface area contributed by atoms with Crippen molar-refractivity contribution in [1.82, 2.24) is 19.5 Å². The van der Waals surface area contributed by atoms with Crippen molar-refractivity contribution in [3.8, 4) is 6.07 Å². The summed E-state index contributed by atoms with van der Waals surface area (Å²) in [6.45, 7) is 4.68. The monoisotopic (exact) mass is 358 g/mol. The lowest BCUT2D eigenvalue weighted by Crippen LogP contribution is -2.32. The molecule has 5 rings (SSSR count). The second kappa shape index (κ2) is 6.67. The number of anilines is 1. The summed E-state index contributed by atoms with van der Waals surface area (Å²) in [6, 6.07) is 13.1. The van der Waals surface area contributed by atoms with Crippen LogP contribution in [0.4, 0.5) is 5.82 Å². The Morgan fingerprint density at radius 2 is 1.85 bits per heavy atom. The van der Waals surface area contributed by atoms with E-state index in [1.807, 2.05) is 10.5 Å². The summed E-state index contributed by atoms with van der Waals surface area (Å²) in [6.07, 6.45) is 5.00.